The second kappa shape index (κ2) is 7.72. The SMILES string of the molecule is NC(=O)NCCNCc1ccc(N2CCOCC2)cc1. The van der Waals surface area contributed by atoms with Crippen LogP contribution in [0.15, 0.2) is 24.3 Å². The van der Waals surface area contributed by atoms with Gasteiger partial charge in [0.2, 0.25) is 0 Å². The number of amides is 2. The molecule has 0 unspecified atom stereocenters. The van der Waals surface area contributed by atoms with Crippen LogP contribution in [0.4, 0.5) is 10.5 Å². The third-order valence-electron chi connectivity index (χ3n) is 3.24. The molecular weight excluding hydrogens is 256 g/mol. The van der Waals surface area contributed by atoms with E-state index >= 15 is 0 Å². The number of carbonyl (C=O) groups is 1. The highest BCUT2D eigenvalue weighted by atomic mass is 16.5. The lowest BCUT2D eigenvalue weighted by molar-refractivity contribution is 0.122. The summed E-state index contributed by atoms with van der Waals surface area (Å²) in [4.78, 5) is 12.8. The molecule has 6 nitrogen and oxygen atoms in total. The fourth-order valence-corrected chi connectivity index (χ4v) is 2.15. The number of nitrogens with two attached hydrogens (primary N) is 1. The van der Waals surface area contributed by atoms with Gasteiger partial charge >= 0.3 is 6.03 Å². The van der Waals surface area contributed by atoms with E-state index < -0.39 is 6.03 Å². The van der Waals surface area contributed by atoms with Gasteiger partial charge in [0.05, 0.1) is 13.2 Å². The summed E-state index contributed by atoms with van der Waals surface area (Å²) in [5.74, 6) is 0. The van der Waals surface area contributed by atoms with Gasteiger partial charge in [-0.25, -0.2) is 4.79 Å². The van der Waals surface area contributed by atoms with Crippen molar-refractivity contribution in [3.05, 3.63) is 29.8 Å². The van der Waals surface area contributed by atoms with Crippen molar-refractivity contribution in [1.82, 2.24) is 10.6 Å². The topological polar surface area (TPSA) is 79.6 Å². The zero-order chi connectivity index (χ0) is 14.2. The van der Waals surface area contributed by atoms with Crippen LogP contribution in [0.25, 0.3) is 0 Å². The molecule has 0 radical (unpaired) electrons. The highest BCUT2D eigenvalue weighted by molar-refractivity contribution is 5.71. The first-order chi connectivity index (χ1) is 9.75. The maximum atomic E-state index is 10.5. The van der Waals surface area contributed by atoms with E-state index in [2.05, 4.69) is 39.8 Å². The van der Waals surface area contributed by atoms with Gasteiger partial charge in [0, 0.05) is 38.4 Å². The molecule has 0 aromatic heterocycles. The molecule has 1 heterocycles. The van der Waals surface area contributed by atoms with E-state index in [1.165, 1.54) is 11.3 Å². The Morgan fingerprint density at radius 3 is 2.55 bits per heavy atom. The van der Waals surface area contributed by atoms with Gasteiger partial charge in [0.1, 0.15) is 0 Å². The van der Waals surface area contributed by atoms with Gasteiger partial charge in [0.25, 0.3) is 0 Å². The minimum atomic E-state index is -0.485. The normalized spacial score (nSPS) is 15.1. The lowest BCUT2D eigenvalue weighted by atomic mass is 10.2. The van der Waals surface area contributed by atoms with Crippen LogP contribution in [0.2, 0.25) is 0 Å². The zero-order valence-corrected chi connectivity index (χ0v) is 11.6. The number of benzene rings is 1. The second-order valence-electron chi connectivity index (χ2n) is 4.73. The van der Waals surface area contributed by atoms with Crippen LogP contribution in [0.5, 0.6) is 0 Å². The smallest absolute Gasteiger partial charge is 0.312 e. The highest BCUT2D eigenvalue weighted by Gasteiger charge is 2.10. The molecule has 2 amide bonds. The highest BCUT2D eigenvalue weighted by Crippen LogP contribution is 2.16. The van der Waals surface area contributed by atoms with E-state index in [0.29, 0.717) is 13.1 Å². The Morgan fingerprint density at radius 1 is 1.20 bits per heavy atom. The van der Waals surface area contributed by atoms with Crippen molar-refractivity contribution in [3.8, 4) is 0 Å². The number of morpholine rings is 1. The third-order valence-corrected chi connectivity index (χ3v) is 3.24. The molecule has 1 aromatic rings. The fraction of sp³-hybridized carbons (Fsp3) is 0.500. The first-order valence-electron chi connectivity index (χ1n) is 6.91. The van der Waals surface area contributed by atoms with Crippen molar-refractivity contribution in [2.75, 3.05) is 44.3 Å². The van der Waals surface area contributed by atoms with Crippen LogP contribution in [-0.4, -0.2) is 45.4 Å². The Morgan fingerprint density at radius 2 is 1.90 bits per heavy atom. The molecule has 1 aromatic carbocycles. The average molecular weight is 278 g/mol. The van der Waals surface area contributed by atoms with E-state index in [1.807, 2.05) is 0 Å². The standard InChI is InChI=1S/C14H22N4O2/c15-14(19)17-6-5-16-11-12-1-3-13(4-2-12)18-7-9-20-10-8-18/h1-4,16H,5-11H2,(H3,15,17,19). The van der Waals surface area contributed by atoms with Crippen LogP contribution >= 0.6 is 0 Å². The lowest BCUT2D eigenvalue weighted by Crippen LogP contribution is -2.36. The van der Waals surface area contributed by atoms with Crippen LogP contribution in [0.3, 0.4) is 0 Å². The Labute approximate surface area is 119 Å². The summed E-state index contributed by atoms with van der Waals surface area (Å²) < 4.78 is 5.35. The fourth-order valence-electron chi connectivity index (χ4n) is 2.15. The Balaban J connectivity index is 1.72. The van der Waals surface area contributed by atoms with E-state index in [1.54, 1.807) is 0 Å². The number of nitrogens with zero attached hydrogens (tertiary/aromatic N) is 1. The number of primary amides is 1. The van der Waals surface area contributed by atoms with Crippen molar-refractivity contribution in [2.45, 2.75) is 6.54 Å². The van der Waals surface area contributed by atoms with Crippen LogP contribution < -0.4 is 21.3 Å². The van der Waals surface area contributed by atoms with Crippen molar-refractivity contribution in [1.29, 1.82) is 0 Å². The number of rotatable bonds is 6. The maximum Gasteiger partial charge on any atom is 0.312 e. The number of anilines is 1. The summed E-state index contributed by atoms with van der Waals surface area (Å²) in [7, 11) is 0. The van der Waals surface area contributed by atoms with Crippen molar-refractivity contribution in [2.24, 2.45) is 5.73 Å². The predicted octanol–water partition coefficient (Wildman–Crippen LogP) is 0.281. The number of hydrogen-bond acceptors (Lipinski definition) is 4. The zero-order valence-electron chi connectivity index (χ0n) is 11.6. The number of urea groups is 1. The van der Waals surface area contributed by atoms with E-state index in [0.717, 1.165) is 32.8 Å². The summed E-state index contributed by atoms with van der Waals surface area (Å²) in [5, 5.41) is 5.79. The summed E-state index contributed by atoms with van der Waals surface area (Å²) in [6, 6.07) is 8.05. The molecule has 4 N–H and O–H groups in total. The molecule has 0 spiro atoms. The number of carbonyl (C=O) groups excluding carboxylic acids is 1. The molecule has 1 fully saturated rings. The molecule has 0 aliphatic carbocycles. The van der Waals surface area contributed by atoms with Gasteiger partial charge < -0.3 is 26.0 Å². The van der Waals surface area contributed by atoms with Crippen molar-refractivity contribution >= 4 is 11.7 Å². The van der Waals surface area contributed by atoms with Gasteiger partial charge in [0.15, 0.2) is 0 Å². The van der Waals surface area contributed by atoms with E-state index in [4.69, 9.17) is 10.5 Å². The van der Waals surface area contributed by atoms with Gasteiger partial charge in [-0.3, -0.25) is 0 Å². The van der Waals surface area contributed by atoms with Crippen LogP contribution in [0, 0.1) is 0 Å². The first kappa shape index (κ1) is 14.6. The van der Waals surface area contributed by atoms with E-state index in [9.17, 15) is 4.79 Å². The maximum absolute atomic E-state index is 10.5. The van der Waals surface area contributed by atoms with Gasteiger partial charge in [-0.05, 0) is 17.7 Å². The van der Waals surface area contributed by atoms with Crippen molar-refractivity contribution < 1.29 is 9.53 Å². The molecule has 0 bridgehead atoms. The quantitative estimate of drug-likeness (QED) is 0.653. The lowest BCUT2D eigenvalue weighted by Gasteiger charge is -2.28. The predicted molar refractivity (Wildman–Crippen MR) is 78.8 cm³/mol. The summed E-state index contributed by atoms with van der Waals surface area (Å²) in [5.41, 5.74) is 7.45. The minimum Gasteiger partial charge on any atom is -0.378 e. The second-order valence-corrected chi connectivity index (χ2v) is 4.73. The van der Waals surface area contributed by atoms with Gasteiger partial charge in [-0.1, -0.05) is 12.1 Å². The Kier molecular flexibility index (Phi) is 5.64. The summed E-state index contributed by atoms with van der Waals surface area (Å²) >= 11 is 0. The monoisotopic (exact) mass is 278 g/mol. The number of hydrogen-bond donors (Lipinski definition) is 3. The van der Waals surface area contributed by atoms with Crippen molar-refractivity contribution in [3.63, 3.8) is 0 Å². The third kappa shape index (κ3) is 4.71. The summed E-state index contributed by atoms with van der Waals surface area (Å²) in [6.45, 7) is 5.54. The first-order valence-corrected chi connectivity index (χ1v) is 6.91. The number of nitrogens with one attached hydrogen (secondary N) is 2. The number of ether oxygens (including phenoxy) is 1. The summed E-state index contributed by atoms with van der Waals surface area (Å²) in [6.07, 6.45) is 0. The van der Waals surface area contributed by atoms with Crippen LogP contribution in [-0.2, 0) is 11.3 Å². The molecule has 0 saturated carbocycles. The molecule has 1 aliphatic heterocycles. The Bertz CT molecular complexity index is 416. The van der Waals surface area contributed by atoms with Crippen LogP contribution in [0.1, 0.15) is 5.56 Å². The minimum absolute atomic E-state index is 0.485. The van der Waals surface area contributed by atoms with Gasteiger partial charge in [-0.15, -0.1) is 0 Å². The molecule has 1 aliphatic rings. The Hall–Kier alpha value is -1.79. The molecule has 0 atom stereocenters. The largest absolute Gasteiger partial charge is 0.378 e. The van der Waals surface area contributed by atoms with Gasteiger partial charge in [-0.2, -0.15) is 0 Å². The molecule has 2 rings (SSSR count). The molecular formula is C14H22N4O2. The molecule has 110 valence electrons. The van der Waals surface area contributed by atoms with E-state index in [-0.39, 0.29) is 0 Å². The average Bonchev–Trinajstić information content (AvgIpc) is 2.48. The molecule has 6 heteroatoms. The molecule has 1 saturated heterocycles. The molecule has 20 heavy (non-hydrogen) atoms.